The summed E-state index contributed by atoms with van der Waals surface area (Å²) in [7, 11) is 1.35. The maximum Gasteiger partial charge on any atom is 0.409 e. The van der Waals surface area contributed by atoms with Gasteiger partial charge in [-0.25, -0.2) is 9.18 Å². The lowest BCUT2D eigenvalue weighted by molar-refractivity contribution is 0.107. The Labute approximate surface area is 106 Å². The van der Waals surface area contributed by atoms with E-state index in [9.17, 15) is 9.18 Å². The highest BCUT2D eigenvalue weighted by Gasteiger charge is 2.30. The van der Waals surface area contributed by atoms with E-state index in [1.54, 1.807) is 11.0 Å². The molecule has 2 atom stereocenters. The van der Waals surface area contributed by atoms with E-state index in [0.717, 1.165) is 12.0 Å². The molecule has 4 nitrogen and oxygen atoms in total. The van der Waals surface area contributed by atoms with Gasteiger partial charge in [0.15, 0.2) is 0 Å². The van der Waals surface area contributed by atoms with Crippen molar-refractivity contribution in [1.82, 2.24) is 4.90 Å². The van der Waals surface area contributed by atoms with Crippen LogP contribution >= 0.6 is 0 Å². The minimum atomic E-state index is -0.358. The van der Waals surface area contributed by atoms with Crippen molar-refractivity contribution < 1.29 is 13.9 Å². The molecule has 0 aliphatic carbocycles. The molecule has 0 saturated carbocycles. The van der Waals surface area contributed by atoms with Crippen LogP contribution in [0.25, 0.3) is 0 Å². The minimum absolute atomic E-state index is 0.0848. The Hall–Kier alpha value is -1.62. The Morgan fingerprint density at radius 3 is 2.94 bits per heavy atom. The number of nitrogens with zero attached hydrogens (tertiary/aromatic N) is 1. The number of rotatable bonds is 1. The third-order valence-electron chi connectivity index (χ3n) is 3.37. The van der Waals surface area contributed by atoms with Gasteiger partial charge in [-0.3, -0.25) is 0 Å². The van der Waals surface area contributed by atoms with Crippen LogP contribution in [0.2, 0.25) is 0 Å². The Morgan fingerprint density at radius 1 is 1.56 bits per heavy atom. The first-order valence-corrected chi connectivity index (χ1v) is 5.95. The molecule has 0 aromatic heterocycles. The number of benzene rings is 1. The summed E-state index contributed by atoms with van der Waals surface area (Å²) < 4.78 is 17.9. The average molecular weight is 252 g/mol. The number of methoxy groups -OCH3 is 1. The molecule has 2 N–H and O–H groups in total. The Kier molecular flexibility index (Phi) is 3.81. The summed E-state index contributed by atoms with van der Waals surface area (Å²) in [6.45, 7) is 1.02. The molecule has 1 aromatic rings. The van der Waals surface area contributed by atoms with E-state index in [1.165, 1.54) is 19.2 Å². The summed E-state index contributed by atoms with van der Waals surface area (Å²) in [4.78, 5) is 13.0. The smallest absolute Gasteiger partial charge is 0.409 e. The highest BCUT2D eigenvalue weighted by molar-refractivity contribution is 5.67. The molecule has 1 amide bonds. The molecule has 2 rings (SSSR count). The maximum absolute atomic E-state index is 13.2. The molecule has 5 heteroatoms. The fourth-order valence-electron chi connectivity index (χ4n) is 2.43. The van der Waals surface area contributed by atoms with E-state index < -0.39 is 0 Å². The third-order valence-corrected chi connectivity index (χ3v) is 3.37. The van der Waals surface area contributed by atoms with Crippen LogP contribution in [0.3, 0.4) is 0 Å². The monoisotopic (exact) mass is 252 g/mol. The molecule has 0 bridgehead atoms. The summed E-state index contributed by atoms with van der Waals surface area (Å²) in [6.07, 6.45) is 0.364. The number of ether oxygens (including phenoxy) is 1. The van der Waals surface area contributed by atoms with Crippen molar-refractivity contribution in [2.75, 3.05) is 20.2 Å². The molecule has 98 valence electrons. The lowest BCUT2D eigenvalue weighted by atomic mass is 9.86. The SMILES string of the molecule is COC(=O)N1CC[C@@H](c2cccc(F)c2)[C@H](N)C1. The van der Waals surface area contributed by atoms with E-state index in [0.29, 0.717) is 13.1 Å². The second kappa shape index (κ2) is 5.35. The predicted molar refractivity (Wildman–Crippen MR) is 65.7 cm³/mol. The molecule has 1 aliphatic rings. The fourth-order valence-corrected chi connectivity index (χ4v) is 2.43. The zero-order valence-corrected chi connectivity index (χ0v) is 10.3. The van der Waals surface area contributed by atoms with Gasteiger partial charge < -0.3 is 15.4 Å². The van der Waals surface area contributed by atoms with Gasteiger partial charge in [0.25, 0.3) is 0 Å². The molecule has 18 heavy (non-hydrogen) atoms. The largest absolute Gasteiger partial charge is 0.453 e. The molecule has 1 heterocycles. The third kappa shape index (κ3) is 2.61. The molecule has 1 fully saturated rings. The highest BCUT2D eigenvalue weighted by Crippen LogP contribution is 2.27. The Balaban J connectivity index is 2.08. The summed E-state index contributed by atoms with van der Waals surface area (Å²) in [5.74, 6) is -0.170. The summed E-state index contributed by atoms with van der Waals surface area (Å²) >= 11 is 0. The van der Waals surface area contributed by atoms with Gasteiger partial charge >= 0.3 is 6.09 Å². The van der Waals surface area contributed by atoms with Gasteiger partial charge in [0, 0.05) is 25.0 Å². The van der Waals surface area contributed by atoms with Crippen LogP contribution in [0.5, 0.6) is 0 Å². The van der Waals surface area contributed by atoms with Crippen LogP contribution in [0.4, 0.5) is 9.18 Å². The average Bonchev–Trinajstić information content (AvgIpc) is 2.37. The molecule has 1 aromatic carbocycles. The van der Waals surface area contributed by atoms with Crippen LogP contribution in [0, 0.1) is 5.82 Å². The van der Waals surface area contributed by atoms with Crippen molar-refractivity contribution in [1.29, 1.82) is 0 Å². The molecule has 0 spiro atoms. The van der Waals surface area contributed by atoms with Crippen LogP contribution < -0.4 is 5.73 Å². The molecule has 1 aliphatic heterocycles. The van der Waals surface area contributed by atoms with Crippen LogP contribution in [0.1, 0.15) is 17.9 Å². The van der Waals surface area contributed by atoms with E-state index in [2.05, 4.69) is 4.74 Å². The van der Waals surface area contributed by atoms with Gasteiger partial charge in [-0.05, 0) is 24.1 Å². The first-order chi connectivity index (χ1) is 8.61. The van der Waals surface area contributed by atoms with E-state index >= 15 is 0 Å². The van der Waals surface area contributed by atoms with Gasteiger partial charge in [-0.15, -0.1) is 0 Å². The number of amides is 1. The number of halogens is 1. The van der Waals surface area contributed by atoms with Gasteiger partial charge in [0.1, 0.15) is 5.82 Å². The normalized spacial score (nSPS) is 23.8. The van der Waals surface area contributed by atoms with Gasteiger partial charge in [0.05, 0.1) is 7.11 Å². The first-order valence-electron chi connectivity index (χ1n) is 5.95. The predicted octanol–water partition coefficient (Wildman–Crippen LogP) is 1.71. The summed E-state index contributed by atoms with van der Waals surface area (Å²) in [5.41, 5.74) is 6.97. The Morgan fingerprint density at radius 2 is 2.33 bits per heavy atom. The van der Waals surface area contributed by atoms with Crippen molar-refractivity contribution in [2.24, 2.45) is 5.73 Å². The number of carbonyl (C=O) groups excluding carboxylic acids is 1. The van der Waals surface area contributed by atoms with E-state index in [4.69, 9.17) is 5.73 Å². The molecular weight excluding hydrogens is 235 g/mol. The van der Waals surface area contributed by atoms with Gasteiger partial charge in [-0.2, -0.15) is 0 Å². The molecular formula is C13H17FN2O2. The number of carbonyl (C=O) groups is 1. The number of likely N-dealkylation sites (tertiary alicyclic amines) is 1. The van der Waals surface area contributed by atoms with Crippen molar-refractivity contribution in [3.8, 4) is 0 Å². The lowest BCUT2D eigenvalue weighted by Gasteiger charge is -2.36. The number of hydrogen-bond donors (Lipinski definition) is 1. The summed E-state index contributed by atoms with van der Waals surface area (Å²) in [5, 5.41) is 0. The molecule has 0 unspecified atom stereocenters. The van der Waals surface area contributed by atoms with Crippen molar-refractivity contribution in [3.05, 3.63) is 35.6 Å². The van der Waals surface area contributed by atoms with Crippen LogP contribution in [-0.4, -0.2) is 37.2 Å². The fraction of sp³-hybridized carbons (Fsp3) is 0.462. The summed E-state index contributed by atoms with van der Waals surface area (Å²) in [6, 6.07) is 6.29. The van der Waals surface area contributed by atoms with Gasteiger partial charge in [-0.1, -0.05) is 12.1 Å². The Bertz CT molecular complexity index is 439. The minimum Gasteiger partial charge on any atom is -0.453 e. The molecule has 1 saturated heterocycles. The van der Waals surface area contributed by atoms with E-state index in [1.807, 2.05) is 6.07 Å². The van der Waals surface area contributed by atoms with Crippen molar-refractivity contribution >= 4 is 6.09 Å². The lowest BCUT2D eigenvalue weighted by Crippen LogP contribution is -2.49. The number of piperidine rings is 1. The number of hydrogen-bond acceptors (Lipinski definition) is 3. The van der Waals surface area contributed by atoms with Crippen LogP contribution in [-0.2, 0) is 4.74 Å². The topological polar surface area (TPSA) is 55.6 Å². The second-order valence-electron chi connectivity index (χ2n) is 4.53. The van der Waals surface area contributed by atoms with Gasteiger partial charge in [0.2, 0.25) is 0 Å². The van der Waals surface area contributed by atoms with Crippen LogP contribution in [0.15, 0.2) is 24.3 Å². The zero-order chi connectivity index (χ0) is 13.1. The van der Waals surface area contributed by atoms with Crippen molar-refractivity contribution in [3.63, 3.8) is 0 Å². The first kappa shape index (κ1) is 12.8. The molecule has 0 radical (unpaired) electrons. The van der Waals surface area contributed by atoms with E-state index in [-0.39, 0.29) is 23.9 Å². The second-order valence-corrected chi connectivity index (χ2v) is 4.53. The standard InChI is InChI=1S/C13H17FN2O2/c1-18-13(17)16-6-5-11(12(15)8-16)9-3-2-4-10(14)7-9/h2-4,7,11-12H,5-6,8,15H2,1H3/t11-,12+/m0/s1. The maximum atomic E-state index is 13.2. The zero-order valence-electron chi connectivity index (χ0n) is 10.3. The quantitative estimate of drug-likeness (QED) is 0.827. The number of nitrogens with two attached hydrogens (primary N) is 1. The highest BCUT2D eigenvalue weighted by atomic mass is 19.1. The van der Waals surface area contributed by atoms with Crippen molar-refractivity contribution in [2.45, 2.75) is 18.4 Å².